The van der Waals surface area contributed by atoms with Crippen molar-refractivity contribution >= 4 is 11.0 Å². The van der Waals surface area contributed by atoms with Gasteiger partial charge in [-0.3, -0.25) is 4.68 Å². The van der Waals surface area contributed by atoms with E-state index >= 15 is 0 Å². The maximum Gasteiger partial charge on any atom is 0.417 e. The van der Waals surface area contributed by atoms with E-state index in [0.717, 1.165) is 19.3 Å². The van der Waals surface area contributed by atoms with Gasteiger partial charge in [-0.2, -0.15) is 18.3 Å². The summed E-state index contributed by atoms with van der Waals surface area (Å²) in [6, 6.07) is 1.35. The minimum atomic E-state index is -4.38. The van der Waals surface area contributed by atoms with Crippen LogP contribution in [0.1, 0.15) is 55.5 Å². The summed E-state index contributed by atoms with van der Waals surface area (Å²) in [4.78, 5) is 4.76. The Morgan fingerprint density at radius 2 is 1.64 bits per heavy atom. The lowest BCUT2D eigenvalue weighted by molar-refractivity contribution is -0.136. The first-order valence-electron chi connectivity index (χ1n) is 9.17. The first-order chi connectivity index (χ1) is 11.7. The molecule has 6 heteroatoms. The van der Waals surface area contributed by atoms with E-state index in [-0.39, 0.29) is 10.8 Å². The summed E-state index contributed by atoms with van der Waals surface area (Å²) in [5.74, 6) is 2.02. The molecule has 0 saturated heterocycles. The van der Waals surface area contributed by atoms with Gasteiger partial charge >= 0.3 is 6.18 Å². The highest BCUT2D eigenvalue weighted by molar-refractivity contribution is 5.83. The Balaban J connectivity index is 1.74. The summed E-state index contributed by atoms with van der Waals surface area (Å²) >= 11 is 0. The number of pyridine rings is 1. The maximum absolute atomic E-state index is 13.8. The van der Waals surface area contributed by atoms with Gasteiger partial charge in [-0.05, 0) is 69.3 Å². The van der Waals surface area contributed by atoms with Crippen LogP contribution in [0.2, 0.25) is 0 Å². The number of hydrogen-bond donors (Lipinski definition) is 0. The molecule has 0 N–H and O–H groups in total. The van der Waals surface area contributed by atoms with Gasteiger partial charge in [0.1, 0.15) is 0 Å². The van der Waals surface area contributed by atoms with E-state index in [4.69, 9.17) is 4.98 Å². The molecule has 6 rings (SSSR count). The fourth-order valence-electron chi connectivity index (χ4n) is 6.36. The van der Waals surface area contributed by atoms with Gasteiger partial charge in [-0.25, -0.2) is 4.98 Å². The number of halogens is 3. The van der Waals surface area contributed by atoms with Crippen LogP contribution in [0.5, 0.6) is 0 Å². The van der Waals surface area contributed by atoms with Crippen molar-refractivity contribution in [2.24, 2.45) is 24.8 Å². The molecule has 25 heavy (non-hydrogen) atoms. The number of nitrogens with zero attached hydrogens (tertiary/aromatic N) is 3. The van der Waals surface area contributed by atoms with Crippen molar-refractivity contribution < 1.29 is 13.2 Å². The third kappa shape index (κ3) is 2.18. The molecule has 0 unspecified atom stereocenters. The standard InChI is InChI=1S/C19H22F3N3/c1-10-16-14(19(20,21)22)6-15(23-17(16)25(2)24-10)18-7-11-3-12(8-18)5-13(4-11)9-18/h6,11-13H,3-5,7-9H2,1-2H3. The van der Waals surface area contributed by atoms with Crippen LogP contribution in [0.3, 0.4) is 0 Å². The van der Waals surface area contributed by atoms with Crippen molar-refractivity contribution in [3.8, 4) is 0 Å². The number of hydrogen-bond acceptors (Lipinski definition) is 2. The lowest BCUT2D eigenvalue weighted by atomic mass is 9.48. The average molecular weight is 349 g/mol. The van der Waals surface area contributed by atoms with E-state index in [2.05, 4.69) is 5.10 Å². The molecule has 0 radical (unpaired) electrons. The normalized spacial score (nSPS) is 34.2. The van der Waals surface area contributed by atoms with Gasteiger partial charge in [0.05, 0.1) is 16.6 Å². The number of aromatic nitrogens is 3. The van der Waals surface area contributed by atoms with Crippen LogP contribution in [-0.4, -0.2) is 14.8 Å². The molecule has 0 atom stereocenters. The molecule has 3 nitrogen and oxygen atoms in total. The lowest BCUT2D eigenvalue weighted by Crippen LogP contribution is -2.49. The van der Waals surface area contributed by atoms with Gasteiger partial charge in [-0.1, -0.05) is 0 Å². The summed E-state index contributed by atoms with van der Waals surface area (Å²) in [7, 11) is 1.69. The molecular weight excluding hydrogens is 327 g/mol. The number of alkyl halides is 3. The summed E-state index contributed by atoms with van der Waals surface area (Å²) in [5, 5.41) is 4.36. The zero-order chi connectivity index (χ0) is 17.6. The fourth-order valence-corrected chi connectivity index (χ4v) is 6.36. The summed E-state index contributed by atoms with van der Waals surface area (Å²) in [6.45, 7) is 1.63. The van der Waals surface area contributed by atoms with Gasteiger partial charge in [0.2, 0.25) is 0 Å². The van der Waals surface area contributed by atoms with Crippen molar-refractivity contribution in [2.75, 3.05) is 0 Å². The van der Waals surface area contributed by atoms with E-state index in [9.17, 15) is 13.2 Å². The smallest absolute Gasteiger partial charge is 0.250 e. The highest BCUT2D eigenvalue weighted by Gasteiger charge is 2.53. The van der Waals surface area contributed by atoms with Gasteiger partial charge in [0.25, 0.3) is 0 Å². The van der Waals surface area contributed by atoms with Crippen molar-refractivity contribution in [1.29, 1.82) is 0 Å². The van der Waals surface area contributed by atoms with Crippen LogP contribution in [0.15, 0.2) is 6.07 Å². The molecular formula is C19H22F3N3. The van der Waals surface area contributed by atoms with Crippen LogP contribution in [0.25, 0.3) is 11.0 Å². The van der Waals surface area contributed by atoms with E-state index in [1.807, 2.05) is 0 Å². The molecule has 4 bridgehead atoms. The van der Waals surface area contributed by atoms with Crippen LogP contribution in [-0.2, 0) is 18.6 Å². The Bertz CT molecular complexity index is 830. The molecule has 2 aromatic rings. The van der Waals surface area contributed by atoms with Crippen molar-refractivity contribution in [3.05, 3.63) is 23.0 Å². The lowest BCUT2D eigenvalue weighted by Gasteiger charge is -2.56. The molecule has 134 valence electrons. The zero-order valence-electron chi connectivity index (χ0n) is 14.5. The van der Waals surface area contributed by atoms with Gasteiger partial charge in [0, 0.05) is 18.2 Å². The molecule has 2 aromatic heterocycles. The van der Waals surface area contributed by atoms with Crippen LogP contribution in [0.4, 0.5) is 13.2 Å². The summed E-state index contributed by atoms with van der Waals surface area (Å²) in [6.07, 6.45) is 2.42. The average Bonchev–Trinajstić information content (AvgIpc) is 2.79. The molecule has 0 aromatic carbocycles. The topological polar surface area (TPSA) is 30.7 Å². The molecule has 2 heterocycles. The third-order valence-corrected chi connectivity index (χ3v) is 6.86. The largest absolute Gasteiger partial charge is 0.417 e. The first-order valence-corrected chi connectivity index (χ1v) is 9.17. The molecule has 0 amide bonds. The van der Waals surface area contributed by atoms with Crippen molar-refractivity contribution in [2.45, 2.75) is 57.0 Å². The molecule has 0 spiro atoms. The third-order valence-electron chi connectivity index (χ3n) is 6.86. The molecule has 0 aliphatic heterocycles. The van der Waals surface area contributed by atoms with Crippen molar-refractivity contribution in [3.63, 3.8) is 0 Å². The maximum atomic E-state index is 13.8. The Kier molecular flexibility index (Phi) is 2.99. The Hall–Kier alpha value is -1.59. The molecule has 4 aliphatic rings. The van der Waals surface area contributed by atoms with Gasteiger partial charge < -0.3 is 0 Å². The molecule has 4 saturated carbocycles. The Morgan fingerprint density at radius 3 is 2.16 bits per heavy atom. The summed E-state index contributed by atoms with van der Waals surface area (Å²) < 4.78 is 42.9. The minimum Gasteiger partial charge on any atom is -0.250 e. The second kappa shape index (κ2) is 4.77. The van der Waals surface area contributed by atoms with E-state index in [1.165, 1.54) is 30.0 Å². The second-order valence-corrected chi connectivity index (χ2v) is 8.66. The highest BCUT2D eigenvalue weighted by Crippen LogP contribution is 2.60. The van der Waals surface area contributed by atoms with Crippen LogP contribution in [0, 0.1) is 24.7 Å². The fraction of sp³-hybridized carbons (Fsp3) is 0.684. The molecule has 4 aliphatic carbocycles. The Morgan fingerprint density at radius 1 is 1.08 bits per heavy atom. The second-order valence-electron chi connectivity index (χ2n) is 8.66. The first kappa shape index (κ1) is 15.6. The van der Waals surface area contributed by atoms with Crippen molar-refractivity contribution in [1.82, 2.24) is 14.8 Å². The highest BCUT2D eigenvalue weighted by atomic mass is 19.4. The van der Waals surface area contributed by atoms with Crippen LogP contribution < -0.4 is 0 Å². The monoisotopic (exact) mass is 349 g/mol. The molecule has 4 fully saturated rings. The number of fused-ring (bicyclic) bond motifs is 1. The van der Waals surface area contributed by atoms with E-state index < -0.39 is 11.7 Å². The minimum absolute atomic E-state index is 0.152. The van der Waals surface area contributed by atoms with E-state index in [1.54, 1.807) is 14.0 Å². The van der Waals surface area contributed by atoms with Crippen LogP contribution >= 0.6 is 0 Å². The SMILES string of the molecule is Cc1nn(C)c2nc(C34CC5CC(CC(C5)C3)C4)cc(C(F)(F)F)c12. The van der Waals surface area contributed by atoms with E-state index in [0.29, 0.717) is 34.8 Å². The van der Waals surface area contributed by atoms with Gasteiger partial charge in [-0.15, -0.1) is 0 Å². The predicted molar refractivity (Wildman–Crippen MR) is 88.1 cm³/mol. The predicted octanol–water partition coefficient (Wildman–Crippen LogP) is 4.76. The van der Waals surface area contributed by atoms with Gasteiger partial charge in [0.15, 0.2) is 5.65 Å². The summed E-state index contributed by atoms with van der Waals surface area (Å²) in [5.41, 5.74) is 0.719. The number of rotatable bonds is 1. The zero-order valence-corrected chi connectivity index (χ0v) is 14.5. The quantitative estimate of drug-likeness (QED) is 0.743. The Labute approximate surface area is 144 Å². The number of aryl methyl sites for hydroxylation is 2.